The molecule has 0 fully saturated rings. The lowest BCUT2D eigenvalue weighted by Gasteiger charge is -2.35. The molecule has 1 aliphatic rings. The van der Waals surface area contributed by atoms with E-state index >= 15 is 0 Å². The molecule has 9 rings (SSSR count). The molecule has 0 N–H and O–H groups in total. The summed E-state index contributed by atoms with van der Waals surface area (Å²) in [7, 11) is 0. The van der Waals surface area contributed by atoms with Gasteiger partial charge in [0, 0.05) is 43.1 Å². The highest BCUT2D eigenvalue weighted by molar-refractivity contribution is 9.10. The molecule has 4 heteroatoms. The molecule has 0 unspecified atom stereocenters. The van der Waals surface area contributed by atoms with Crippen molar-refractivity contribution in [3.05, 3.63) is 235 Å². The van der Waals surface area contributed by atoms with Crippen molar-refractivity contribution in [3.63, 3.8) is 0 Å². The van der Waals surface area contributed by atoms with Crippen molar-refractivity contribution in [1.82, 2.24) is 0 Å². The molecule has 8 aromatic carbocycles. The molecule has 0 saturated heterocycles. The zero-order chi connectivity index (χ0) is 47.7. The minimum absolute atomic E-state index is 0.603. The smallest absolute Gasteiger partial charge is 0.0714 e. The van der Waals surface area contributed by atoms with Crippen LogP contribution in [-0.4, -0.2) is 0 Å². The second kappa shape index (κ2) is 22.4. The first-order valence-corrected chi connectivity index (χ1v) is 27.2. The number of halogens is 2. The van der Waals surface area contributed by atoms with Gasteiger partial charge in [-0.2, -0.15) is 0 Å². The molecular weight excluding hydrogens is 969 g/mol. The number of rotatable bonds is 20. The van der Waals surface area contributed by atoms with Crippen LogP contribution < -0.4 is 9.80 Å². The lowest BCUT2D eigenvalue weighted by atomic mass is 9.67. The van der Waals surface area contributed by atoms with E-state index in [9.17, 15) is 0 Å². The van der Waals surface area contributed by atoms with Gasteiger partial charge < -0.3 is 9.80 Å². The predicted molar refractivity (Wildman–Crippen MR) is 303 cm³/mol. The van der Waals surface area contributed by atoms with E-state index in [1.54, 1.807) is 0 Å². The van der Waals surface area contributed by atoms with E-state index < -0.39 is 5.41 Å². The first-order chi connectivity index (χ1) is 33.8. The van der Waals surface area contributed by atoms with Crippen LogP contribution in [0.15, 0.2) is 191 Å². The zero-order valence-corrected chi connectivity index (χ0v) is 44.1. The van der Waals surface area contributed by atoms with Gasteiger partial charge in [-0.05, 0) is 204 Å². The molecule has 8 aromatic rings. The quantitative estimate of drug-likeness (QED) is 0.0751. The molecule has 350 valence electrons. The molecule has 0 bridgehead atoms. The van der Waals surface area contributed by atoms with Crippen LogP contribution in [0.1, 0.15) is 124 Å². The zero-order valence-electron chi connectivity index (χ0n) is 41.0. The van der Waals surface area contributed by atoms with E-state index in [4.69, 9.17) is 0 Å². The Morgan fingerprint density at radius 3 is 0.812 bits per heavy atom. The summed E-state index contributed by atoms with van der Waals surface area (Å²) in [6.45, 7) is 9.06. The second-order valence-corrected chi connectivity index (χ2v) is 20.8. The molecule has 0 atom stereocenters. The Hall–Kier alpha value is -5.68. The van der Waals surface area contributed by atoms with Gasteiger partial charge in [0.1, 0.15) is 0 Å². The number of unbranched alkanes of at least 4 members (excludes halogenated alkanes) is 4. The van der Waals surface area contributed by atoms with Crippen molar-refractivity contribution in [3.8, 4) is 11.1 Å². The Morgan fingerprint density at radius 1 is 0.319 bits per heavy atom. The summed E-state index contributed by atoms with van der Waals surface area (Å²) < 4.78 is 2.13. The Balaban J connectivity index is 1.17. The Kier molecular flexibility index (Phi) is 15.7. The molecular formula is C65H66Br2N2. The van der Waals surface area contributed by atoms with Crippen molar-refractivity contribution in [2.45, 2.75) is 110 Å². The maximum Gasteiger partial charge on any atom is 0.0714 e. The lowest BCUT2D eigenvalue weighted by Crippen LogP contribution is -2.29. The first kappa shape index (κ1) is 48.3. The summed E-state index contributed by atoms with van der Waals surface area (Å²) in [5, 5.41) is 0. The highest BCUT2D eigenvalue weighted by Crippen LogP contribution is 2.58. The van der Waals surface area contributed by atoms with Crippen LogP contribution >= 0.6 is 31.9 Å². The van der Waals surface area contributed by atoms with Crippen molar-refractivity contribution in [2.75, 3.05) is 9.80 Å². The Labute approximate surface area is 429 Å². The minimum Gasteiger partial charge on any atom is -0.311 e. The van der Waals surface area contributed by atoms with E-state index in [1.807, 2.05) is 0 Å². The molecule has 0 aliphatic heterocycles. The largest absolute Gasteiger partial charge is 0.311 e. The van der Waals surface area contributed by atoms with E-state index in [0.29, 0.717) is 0 Å². The molecule has 0 spiro atoms. The van der Waals surface area contributed by atoms with Crippen LogP contribution in [0.4, 0.5) is 34.1 Å². The second-order valence-electron chi connectivity index (χ2n) is 19.0. The summed E-state index contributed by atoms with van der Waals surface area (Å²) in [4.78, 5) is 4.84. The summed E-state index contributed by atoms with van der Waals surface area (Å²) in [6, 6.07) is 69.5. The van der Waals surface area contributed by atoms with Crippen molar-refractivity contribution in [1.29, 1.82) is 0 Å². The van der Waals surface area contributed by atoms with Gasteiger partial charge in [-0.25, -0.2) is 0 Å². The van der Waals surface area contributed by atoms with Crippen LogP contribution in [0, 0.1) is 0 Å². The Morgan fingerprint density at radius 2 is 0.565 bits per heavy atom. The van der Waals surface area contributed by atoms with Gasteiger partial charge in [0.05, 0.1) is 5.41 Å². The topological polar surface area (TPSA) is 6.48 Å². The van der Waals surface area contributed by atoms with Gasteiger partial charge in [-0.15, -0.1) is 0 Å². The summed E-state index contributed by atoms with van der Waals surface area (Å²) in [5.41, 5.74) is 19.4. The summed E-state index contributed by atoms with van der Waals surface area (Å²) in [5.74, 6) is 0. The van der Waals surface area contributed by atoms with Crippen LogP contribution in [0.2, 0.25) is 0 Å². The fraction of sp³-hybridized carbons (Fsp3) is 0.262. The third-order valence-electron chi connectivity index (χ3n) is 14.2. The first-order valence-electron chi connectivity index (χ1n) is 25.6. The Bertz CT molecular complexity index is 2610. The molecule has 0 amide bonds. The monoisotopic (exact) mass is 1030 g/mol. The summed E-state index contributed by atoms with van der Waals surface area (Å²) >= 11 is 7.88. The van der Waals surface area contributed by atoms with E-state index in [1.165, 1.54) is 107 Å². The molecule has 0 saturated carbocycles. The molecule has 69 heavy (non-hydrogen) atoms. The van der Waals surface area contributed by atoms with Crippen molar-refractivity contribution >= 4 is 66.0 Å². The fourth-order valence-corrected chi connectivity index (χ4v) is 11.2. The van der Waals surface area contributed by atoms with Gasteiger partial charge in [0.25, 0.3) is 0 Å². The maximum atomic E-state index is 3.94. The fourth-order valence-electron chi connectivity index (χ4n) is 10.4. The number of anilines is 6. The van der Waals surface area contributed by atoms with Crippen LogP contribution in [-0.2, 0) is 31.1 Å². The van der Waals surface area contributed by atoms with Gasteiger partial charge in [0.15, 0.2) is 0 Å². The third kappa shape index (κ3) is 10.3. The van der Waals surface area contributed by atoms with Crippen LogP contribution in [0.5, 0.6) is 0 Å². The third-order valence-corrected chi connectivity index (χ3v) is 15.2. The molecule has 0 aromatic heterocycles. The van der Waals surface area contributed by atoms with E-state index in [2.05, 4.69) is 251 Å². The molecule has 0 radical (unpaired) electrons. The number of fused-ring (bicyclic) bond motifs is 3. The van der Waals surface area contributed by atoms with Crippen molar-refractivity contribution < 1.29 is 0 Å². The van der Waals surface area contributed by atoms with Gasteiger partial charge in [-0.3, -0.25) is 0 Å². The maximum absolute atomic E-state index is 3.94. The number of hydrogen-bond donors (Lipinski definition) is 0. The number of nitrogens with zero attached hydrogens (tertiary/aromatic N) is 2. The van der Waals surface area contributed by atoms with Crippen molar-refractivity contribution in [2.24, 2.45) is 0 Å². The highest BCUT2D eigenvalue weighted by atomic mass is 79.9. The van der Waals surface area contributed by atoms with E-state index in [-0.39, 0.29) is 0 Å². The average Bonchev–Trinajstić information content (AvgIpc) is 3.67. The number of benzene rings is 8. The van der Waals surface area contributed by atoms with Gasteiger partial charge >= 0.3 is 0 Å². The molecule has 2 nitrogen and oxygen atoms in total. The molecule has 1 aliphatic carbocycles. The van der Waals surface area contributed by atoms with Gasteiger partial charge in [0.2, 0.25) is 0 Å². The number of aryl methyl sites for hydroxylation is 4. The average molecular weight is 1040 g/mol. The normalized spacial score (nSPS) is 12.4. The van der Waals surface area contributed by atoms with Gasteiger partial charge in [-0.1, -0.05) is 170 Å². The summed E-state index contributed by atoms with van der Waals surface area (Å²) in [6.07, 6.45) is 14.0. The van der Waals surface area contributed by atoms with Crippen LogP contribution in [0.25, 0.3) is 11.1 Å². The van der Waals surface area contributed by atoms with E-state index in [0.717, 1.165) is 68.8 Å². The molecule has 0 heterocycles. The van der Waals surface area contributed by atoms with Crippen LogP contribution in [0.3, 0.4) is 0 Å². The predicted octanol–water partition coefficient (Wildman–Crippen LogP) is 19.9. The highest BCUT2D eigenvalue weighted by Gasteiger charge is 2.46. The SMILES string of the molecule is CCCCc1ccc(N(c2ccc(CCCC)cc2)c2ccc(C3(c4ccc(N(c5ccc(CCCC)cc5)c5ccc(CCCC)cc5)cc4)c4cc(Br)ccc4-c4ccc(Br)cc43)cc2)cc1. The minimum atomic E-state index is -0.603. The lowest BCUT2D eigenvalue weighted by molar-refractivity contribution is 0.767. The number of hydrogen-bond acceptors (Lipinski definition) is 2. The standard InChI is InChI=1S/C65H66Br2N2/c1-5-9-13-47-17-31-55(32-18-47)68(56-33-19-48(20-34-56)14-10-6-2)59-39-25-51(26-40-59)65(63-45-53(66)29-43-61(63)62-44-30-54(67)46-64(62)65)52-27-41-60(42-28-52)69(57-35-21-49(22-36-57)15-11-7-3)58-37-23-50(24-38-58)16-12-8-4/h17-46H,5-16H2,1-4H3.